The summed E-state index contributed by atoms with van der Waals surface area (Å²) in [6, 6.07) is 7.43. The molecule has 0 saturated carbocycles. The van der Waals surface area contributed by atoms with Gasteiger partial charge in [0.15, 0.2) is 0 Å². The van der Waals surface area contributed by atoms with Crippen LogP contribution >= 0.6 is 0 Å². The van der Waals surface area contributed by atoms with E-state index in [2.05, 4.69) is 24.5 Å². The third kappa shape index (κ3) is 4.72. The molecule has 5 heteroatoms. The molecule has 1 aliphatic rings. The molecule has 2 atom stereocenters. The molecule has 0 radical (unpaired) electrons. The summed E-state index contributed by atoms with van der Waals surface area (Å²) in [6.45, 7) is 5.76. The van der Waals surface area contributed by atoms with Crippen LogP contribution < -0.4 is 15.4 Å². The first-order valence-electron chi connectivity index (χ1n) is 7.46. The van der Waals surface area contributed by atoms with E-state index in [-0.39, 0.29) is 11.9 Å². The van der Waals surface area contributed by atoms with Crippen molar-refractivity contribution in [2.75, 3.05) is 13.2 Å². The highest BCUT2D eigenvalue weighted by atomic mass is 16.5. The van der Waals surface area contributed by atoms with E-state index in [0.29, 0.717) is 32.0 Å². The highest BCUT2D eigenvalue weighted by Gasteiger charge is 2.27. The van der Waals surface area contributed by atoms with Gasteiger partial charge in [-0.15, -0.1) is 0 Å². The van der Waals surface area contributed by atoms with Crippen LogP contribution in [0.25, 0.3) is 0 Å². The number of carbonyl (C=O) groups excluding carboxylic acids is 1. The van der Waals surface area contributed by atoms with Gasteiger partial charge in [-0.3, -0.25) is 4.79 Å². The minimum atomic E-state index is -0.428. The van der Waals surface area contributed by atoms with Crippen LogP contribution in [-0.2, 0) is 11.3 Å². The molecule has 21 heavy (non-hydrogen) atoms. The molecule has 116 valence electrons. The van der Waals surface area contributed by atoms with Crippen molar-refractivity contribution in [2.45, 2.75) is 39.0 Å². The summed E-state index contributed by atoms with van der Waals surface area (Å²) < 4.78 is 5.77. The molecule has 1 aromatic carbocycles. The lowest BCUT2D eigenvalue weighted by Gasteiger charge is -2.15. The van der Waals surface area contributed by atoms with Gasteiger partial charge in [-0.05, 0) is 18.4 Å². The molecule has 1 amide bonds. The van der Waals surface area contributed by atoms with E-state index < -0.39 is 6.10 Å². The smallest absolute Gasteiger partial charge is 0.237 e. The molecule has 2 rings (SSSR count). The van der Waals surface area contributed by atoms with E-state index in [1.165, 1.54) is 0 Å². The Morgan fingerprint density at radius 3 is 2.90 bits per heavy atom. The van der Waals surface area contributed by atoms with Gasteiger partial charge in [-0.2, -0.15) is 0 Å². The summed E-state index contributed by atoms with van der Waals surface area (Å²) in [7, 11) is 0. The lowest BCUT2D eigenvalue weighted by atomic mass is 10.1. The number of hydrogen-bond acceptors (Lipinski definition) is 4. The van der Waals surface area contributed by atoms with Crippen molar-refractivity contribution >= 4 is 5.91 Å². The molecule has 5 nitrogen and oxygen atoms in total. The van der Waals surface area contributed by atoms with Gasteiger partial charge >= 0.3 is 0 Å². The molecule has 0 aromatic heterocycles. The molecule has 1 aliphatic heterocycles. The minimum Gasteiger partial charge on any atom is -0.493 e. The lowest BCUT2D eigenvalue weighted by molar-refractivity contribution is -0.123. The summed E-state index contributed by atoms with van der Waals surface area (Å²) in [4.78, 5) is 12.0. The van der Waals surface area contributed by atoms with Crippen molar-refractivity contribution in [1.29, 1.82) is 0 Å². The summed E-state index contributed by atoms with van der Waals surface area (Å²) in [5, 5.41) is 15.3. The maximum absolute atomic E-state index is 12.0. The fraction of sp³-hybridized carbons (Fsp3) is 0.562. The van der Waals surface area contributed by atoms with E-state index in [1.807, 2.05) is 24.3 Å². The van der Waals surface area contributed by atoms with E-state index in [1.54, 1.807) is 0 Å². The number of amides is 1. The van der Waals surface area contributed by atoms with Crippen molar-refractivity contribution in [2.24, 2.45) is 5.92 Å². The van der Waals surface area contributed by atoms with Gasteiger partial charge in [0.05, 0.1) is 18.8 Å². The highest BCUT2D eigenvalue weighted by molar-refractivity contribution is 5.82. The second-order valence-electron chi connectivity index (χ2n) is 5.88. The number of ether oxygens (including phenoxy) is 1. The van der Waals surface area contributed by atoms with Gasteiger partial charge < -0.3 is 20.5 Å². The van der Waals surface area contributed by atoms with Crippen molar-refractivity contribution < 1.29 is 14.6 Å². The fourth-order valence-corrected chi connectivity index (χ4v) is 2.27. The van der Waals surface area contributed by atoms with Crippen molar-refractivity contribution in [3.05, 3.63) is 29.8 Å². The fourth-order valence-electron chi connectivity index (χ4n) is 2.27. The van der Waals surface area contributed by atoms with E-state index in [4.69, 9.17) is 4.74 Å². The molecule has 1 fully saturated rings. The van der Waals surface area contributed by atoms with Crippen LogP contribution in [0.2, 0.25) is 0 Å². The van der Waals surface area contributed by atoms with E-state index in [9.17, 15) is 9.90 Å². The first-order chi connectivity index (χ1) is 10.1. The Labute approximate surface area is 125 Å². The molecule has 3 N–H and O–H groups in total. The number of hydrogen-bond donors (Lipinski definition) is 3. The topological polar surface area (TPSA) is 70.6 Å². The SMILES string of the molecule is CC(C)COc1ccccc1CNC(=O)[C@H]1C[C@@H](O)CN1. The van der Waals surface area contributed by atoms with Crippen LogP contribution in [0.4, 0.5) is 0 Å². The summed E-state index contributed by atoms with van der Waals surface area (Å²) in [5.41, 5.74) is 0.963. The normalized spacial score (nSPS) is 21.5. The zero-order valence-electron chi connectivity index (χ0n) is 12.6. The quantitative estimate of drug-likeness (QED) is 0.733. The molecule has 0 spiro atoms. The van der Waals surface area contributed by atoms with Crippen LogP contribution in [0.5, 0.6) is 5.75 Å². The number of carbonyl (C=O) groups is 1. The standard InChI is InChI=1S/C16H24N2O3/c1-11(2)10-21-15-6-4-3-5-12(15)8-18-16(20)14-7-13(19)9-17-14/h3-6,11,13-14,17,19H,7-10H2,1-2H3,(H,18,20)/t13-,14-/m1/s1. The molecule has 0 aliphatic carbocycles. The first-order valence-corrected chi connectivity index (χ1v) is 7.46. The number of benzene rings is 1. The number of aliphatic hydroxyl groups excluding tert-OH is 1. The first kappa shape index (κ1) is 15.8. The summed E-state index contributed by atoms with van der Waals surface area (Å²) in [5.74, 6) is 1.19. The third-order valence-corrected chi connectivity index (χ3v) is 3.42. The Bertz CT molecular complexity index is 476. The molecule has 1 saturated heterocycles. The van der Waals surface area contributed by atoms with E-state index in [0.717, 1.165) is 11.3 Å². The van der Waals surface area contributed by atoms with Gasteiger partial charge in [-0.1, -0.05) is 32.0 Å². The van der Waals surface area contributed by atoms with Crippen molar-refractivity contribution in [1.82, 2.24) is 10.6 Å². The van der Waals surface area contributed by atoms with Crippen LogP contribution in [0.3, 0.4) is 0 Å². The monoisotopic (exact) mass is 292 g/mol. The van der Waals surface area contributed by atoms with Gasteiger partial charge in [0, 0.05) is 18.7 Å². The Balaban J connectivity index is 1.89. The minimum absolute atomic E-state index is 0.0785. The number of para-hydroxylation sites is 1. The predicted octanol–water partition coefficient (Wildman–Crippen LogP) is 1.06. The number of aliphatic hydroxyl groups is 1. The predicted molar refractivity (Wildman–Crippen MR) is 81.0 cm³/mol. The van der Waals surface area contributed by atoms with Crippen LogP contribution in [0, 0.1) is 5.92 Å². The molecular weight excluding hydrogens is 268 g/mol. The largest absolute Gasteiger partial charge is 0.493 e. The Kier molecular flexibility index (Phi) is 5.59. The van der Waals surface area contributed by atoms with Crippen LogP contribution in [0.15, 0.2) is 24.3 Å². The average molecular weight is 292 g/mol. The number of rotatable bonds is 6. The second-order valence-corrected chi connectivity index (χ2v) is 5.88. The number of nitrogens with one attached hydrogen (secondary N) is 2. The summed E-state index contributed by atoms with van der Waals surface area (Å²) >= 11 is 0. The molecule has 1 aromatic rings. The molecule has 0 bridgehead atoms. The average Bonchev–Trinajstić information content (AvgIpc) is 2.90. The Hall–Kier alpha value is -1.59. The third-order valence-electron chi connectivity index (χ3n) is 3.42. The Morgan fingerprint density at radius 1 is 1.48 bits per heavy atom. The number of β-amino-alcohol motifs (C(OH)–C–C–N with tert-alkyl or cyclic N) is 1. The zero-order chi connectivity index (χ0) is 15.2. The van der Waals surface area contributed by atoms with Crippen LogP contribution in [0.1, 0.15) is 25.8 Å². The Morgan fingerprint density at radius 2 is 2.24 bits per heavy atom. The van der Waals surface area contributed by atoms with Crippen molar-refractivity contribution in [3.63, 3.8) is 0 Å². The van der Waals surface area contributed by atoms with Crippen LogP contribution in [-0.4, -0.2) is 36.3 Å². The van der Waals surface area contributed by atoms with Gasteiger partial charge in [0.25, 0.3) is 0 Å². The molecule has 0 unspecified atom stereocenters. The zero-order valence-corrected chi connectivity index (χ0v) is 12.6. The molecule has 1 heterocycles. The maximum Gasteiger partial charge on any atom is 0.237 e. The second kappa shape index (κ2) is 7.43. The maximum atomic E-state index is 12.0. The van der Waals surface area contributed by atoms with E-state index >= 15 is 0 Å². The summed E-state index contributed by atoms with van der Waals surface area (Å²) in [6.07, 6.45) is 0.0413. The van der Waals surface area contributed by atoms with Gasteiger partial charge in [0.2, 0.25) is 5.91 Å². The van der Waals surface area contributed by atoms with Crippen molar-refractivity contribution in [3.8, 4) is 5.75 Å². The lowest BCUT2D eigenvalue weighted by Crippen LogP contribution is -2.40. The van der Waals surface area contributed by atoms with Gasteiger partial charge in [0.1, 0.15) is 5.75 Å². The highest BCUT2D eigenvalue weighted by Crippen LogP contribution is 2.18. The molecular formula is C16H24N2O3. The van der Waals surface area contributed by atoms with Gasteiger partial charge in [-0.25, -0.2) is 0 Å².